The molecule has 2 heterocycles. The topological polar surface area (TPSA) is 68.8 Å². The molecule has 3 N–H and O–H groups in total. The number of aromatic nitrogens is 3. The highest BCUT2D eigenvalue weighted by molar-refractivity contribution is 5.17. The van der Waals surface area contributed by atoms with Crippen molar-refractivity contribution < 1.29 is 4.39 Å². The van der Waals surface area contributed by atoms with Crippen LogP contribution in [0.15, 0.2) is 30.7 Å². The second-order valence-corrected chi connectivity index (χ2v) is 3.84. The minimum atomic E-state index is -0.372. The van der Waals surface area contributed by atoms with Gasteiger partial charge in [0.25, 0.3) is 0 Å². The zero-order valence-corrected chi connectivity index (χ0v) is 9.47. The number of hydrazine groups is 1. The first kappa shape index (κ1) is 11.7. The van der Waals surface area contributed by atoms with Crippen molar-refractivity contribution in [1.82, 2.24) is 20.2 Å². The Bertz CT molecular complexity index is 496. The summed E-state index contributed by atoms with van der Waals surface area (Å²) >= 11 is 0. The molecule has 0 aliphatic heterocycles. The molecule has 0 aromatic carbocycles. The molecule has 0 saturated carbocycles. The van der Waals surface area contributed by atoms with E-state index in [0.717, 1.165) is 11.9 Å². The lowest BCUT2D eigenvalue weighted by atomic mass is 10.0. The fraction of sp³-hybridized carbons (Fsp3) is 0.273. The van der Waals surface area contributed by atoms with Gasteiger partial charge < -0.3 is 0 Å². The van der Waals surface area contributed by atoms with E-state index < -0.39 is 0 Å². The van der Waals surface area contributed by atoms with Crippen LogP contribution in [0.3, 0.4) is 0 Å². The van der Waals surface area contributed by atoms with E-state index >= 15 is 0 Å². The number of aryl methyl sites for hydroxylation is 1. The molecule has 0 saturated heterocycles. The number of rotatable bonds is 4. The summed E-state index contributed by atoms with van der Waals surface area (Å²) in [6.07, 6.45) is 5.20. The predicted octanol–water partition coefficient (Wildman–Crippen LogP) is 0.701. The van der Waals surface area contributed by atoms with Crippen LogP contribution < -0.4 is 11.3 Å². The minimum absolute atomic E-state index is 0.201. The zero-order chi connectivity index (χ0) is 12.3. The van der Waals surface area contributed by atoms with E-state index in [4.69, 9.17) is 5.84 Å². The molecule has 2 rings (SSSR count). The average Bonchev–Trinajstić information content (AvgIpc) is 2.72. The zero-order valence-electron chi connectivity index (χ0n) is 9.47. The molecule has 6 heteroatoms. The summed E-state index contributed by atoms with van der Waals surface area (Å²) in [7, 11) is 1.85. The summed E-state index contributed by atoms with van der Waals surface area (Å²) in [6.45, 7) is 0. The summed E-state index contributed by atoms with van der Waals surface area (Å²) in [5.74, 6) is 5.10. The Hall–Kier alpha value is -1.79. The minimum Gasteiger partial charge on any atom is -0.276 e. The summed E-state index contributed by atoms with van der Waals surface area (Å²) in [6, 6.07) is 3.12. The van der Waals surface area contributed by atoms with Crippen LogP contribution in [0.5, 0.6) is 0 Å². The van der Waals surface area contributed by atoms with Crippen LogP contribution in [0.2, 0.25) is 0 Å². The van der Waals surface area contributed by atoms with Gasteiger partial charge in [0.2, 0.25) is 0 Å². The van der Waals surface area contributed by atoms with E-state index in [-0.39, 0.29) is 11.9 Å². The number of nitrogens with two attached hydrogens (primary N) is 1. The molecule has 17 heavy (non-hydrogen) atoms. The standard InChI is InChI=1S/C11H14FN5/c1-17-3-2-10(16-17)5-11(15-13)8-4-9(12)7-14-6-8/h2-4,6-7,11,15H,5,13H2,1H3. The lowest BCUT2D eigenvalue weighted by Crippen LogP contribution is -2.29. The van der Waals surface area contributed by atoms with Crippen LogP contribution in [-0.4, -0.2) is 14.8 Å². The van der Waals surface area contributed by atoms with E-state index in [0.29, 0.717) is 12.0 Å². The van der Waals surface area contributed by atoms with E-state index in [1.807, 2.05) is 19.3 Å². The second-order valence-electron chi connectivity index (χ2n) is 3.84. The highest BCUT2D eigenvalue weighted by atomic mass is 19.1. The molecule has 0 spiro atoms. The van der Waals surface area contributed by atoms with Crippen molar-refractivity contribution in [3.63, 3.8) is 0 Å². The number of halogens is 1. The van der Waals surface area contributed by atoms with Gasteiger partial charge in [0, 0.05) is 25.9 Å². The van der Waals surface area contributed by atoms with Crippen LogP contribution in [0.4, 0.5) is 4.39 Å². The van der Waals surface area contributed by atoms with Gasteiger partial charge in [-0.05, 0) is 17.7 Å². The van der Waals surface area contributed by atoms with Gasteiger partial charge in [0.15, 0.2) is 0 Å². The van der Waals surface area contributed by atoms with Crippen LogP contribution in [0.1, 0.15) is 17.3 Å². The summed E-state index contributed by atoms with van der Waals surface area (Å²) < 4.78 is 14.8. The molecule has 2 aromatic heterocycles. The highest BCUT2D eigenvalue weighted by Crippen LogP contribution is 2.16. The third-order valence-electron chi connectivity index (χ3n) is 2.51. The maximum absolute atomic E-state index is 13.1. The number of pyridine rings is 1. The quantitative estimate of drug-likeness (QED) is 0.604. The molecule has 1 unspecified atom stereocenters. The molecule has 0 aliphatic carbocycles. The molecule has 5 nitrogen and oxygen atoms in total. The molecular formula is C11H14FN5. The Kier molecular flexibility index (Phi) is 3.46. The number of nitrogens with zero attached hydrogens (tertiary/aromatic N) is 3. The summed E-state index contributed by atoms with van der Waals surface area (Å²) in [5.41, 5.74) is 4.24. The Labute approximate surface area is 98.4 Å². The van der Waals surface area contributed by atoms with Crippen molar-refractivity contribution in [2.45, 2.75) is 12.5 Å². The first-order valence-corrected chi connectivity index (χ1v) is 5.24. The highest BCUT2D eigenvalue weighted by Gasteiger charge is 2.13. The van der Waals surface area contributed by atoms with Crippen molar-refractivity contribution >= 4 is 0 Å². The molecule has 90 valence electrons. The smallest absolute Gasteiger partial charge is 0.141 e. The summed E-state index contributed by atoms with van der Waals surface area (Å²) in [4.78, 5) is 3.80. The molecule has 0 radical (unpaired) electrons. The average molecular weight is 235 g/mol. The normalized spacial score (nSPS) is 12.6. The third-order valence-corrected chi connectivity index (χ3v) is 2.51. The molecule has 0 fully saturated rings. The predicted molar refractivity (Wildman–Crippen MR) is 61.2 cm³/mol. The largest absolute Gasteiger partial charge is 0.276 e. The van der Waals surface area contributed by atoms with Gasteiger partial charge in [0.05, 0.1) is 17.9 Å². The van der Waals surface area contributed by atoms with Gasteiger partial charge in [0.1, 0.15) is 5.82 Å². The van der Waals surface area contributed by atoms with Crippen LogP contribution in [-0.2, 0) is 13.5 Å². The second kappa shape index (κ2) is 5.03. The SMILES string of the molecule is Cn1ccc(CC(NN)c2cncc(F)c2)n1. The summed E-state index contributed by atoms with van der Waals surface area (Å²) in [5, 5.41) is 4.25. The molecule has 2 aromatic rings. The molecule has 0 amide bonds. The first-order chi connectivity index (χ1) is 8.19. The van der Waals surface area contributed by atoms with Crippen molar-refractivity contribution in [3.05, 3.63) is 47.8 Å². The molecule has 1 atom stereocenters. The fourth-order valence-electron chi connectivity index (χ4n) is 1.67. The van der Waals surface area contributed by atoms with Gasteiger partial charge in [-0.25, -0.2) is 4.39 Å². The van der Waals surface area contributed by atoms with Gasteiger partial charge in [-0.2, -0.15) is 5.10 Å². The van der Waals surface area contributed by atoms with Gasteiger partial charge in [-0.1, -0.05) is 0 Å². The molecule has 0 aliphatic rings. The van der Waals surface area contributed by atoms with Crippen LogP contribution in [0, 0.1) is 5.82 Å². The van der Waals surface area contributed by atoms with Crippen molar-refractivity contribution in [3.8, 4) is 0 Å². The van der Waals surface area contributed by atoms with Gasteiger partial charge in [-0.3, -0.25) is 20.9 Å². The third kappa shape index (κ3) is 2.86. The Morgan fingerprint density at radius 1 is 1.53 bits per heavy atom. The van der Waals surface area contributed by atoms with Gasteiger partial charge >= 0.3 is 0 Å². The van der Waals surface area contributed by atoms with E-state index in [2.05, 4.69) is 15.5 Å². The molecular weight excluding hydrogens is 221 g/mol. The molecule has 0 bridgehead atoms. The van der Waals surface area contributed by atoms with Crippen molar-refractivity contribution in [2.24, 2.45) is 12.9 Å². The maximum Gasteiger partial charge on any atom is 0.141 e. The fourth-order valence-corrected chi connectivity index (χ4v) is 1.67. The Morgan fingerprint density at radius 3 is 2.94 bits per heavy atom. The monoisotopic (exact) mass is 235 g/mol. The van der Waals surface area contributed by atoms with Crippen molar-refractivity contribution in [2.75, 3.05) is 0 Å². The maximum atomic E-state index is 13.1. The van der Waals surface area contributed by atoms with Crippen LogP contribution >= 0.6 is 0 Å². The number of hydrogen-bond donors (Lipinski definition) is 2. The van der Waals surface area contributed by atoms with Crippen LogP contribution in [0.25, 0.3) is 0 Å². The lowest BCUT2D eigenvalue weighted by molar-refractivity contribution is 0.532. The number of hydrogen-bond acceptors (Lipinski definition) is 4. The van der Waals surface area contributed by atoms with E-state index in [1.165, 1.54) is 6.07 Å². The Balaban J connectivity index is 2.16. The first-order valence-electron chi connectivity index (χ1n) is 5.24. The lowest BCUT2D eigenvalue weighted by Gasteiger charge is -2.14. The Morgan fingerprint density at radius 2 is 2.35 bits per heavy atom. The van der Waals surface area contributed by atoms with E-state index in [9.17, 15) is 4.39 Å². The van der Waals surface area contributed by atoms with Gasteiger partial charge in [-0.15, -0.1) is 0 Å². The van der Waals surface area contributed by atoms with E-state index in [1.54, 1.807) is 10.9 Å². The number of nitrogens with one attached hydrogen (secondary N) is 1. The van der Waals surface area contributed by atoms with Crippen molar-refractivity contribution in [1.29, 1.82) is 0 Å².